The average molecular weight is 235 g/mol. The summed E-state index contributed by atoms with van der Waals surface area (Å²) in [7, 11) is 3.29. The molecule has 2 aromatic rings. The monoisotopic (exact) mass is 235 g/mol. The summed E-state index contributed by atoms with van der Waals surface area (Å²) >= 11 is 0. The van der Waals surface area contributed by atoms with Gasteiger partial charge >= 0.3 is 0 Å². The fourth-order valence-electron chi connectivity index (χ4n) is 1.66. The van der Waals surface area contributed by atoms with E-state index in [0.717, 1.165) is 11.5 Å². The van der Waals surface area contributed by atoms with Gasteiger partial charge in [-0.1, -0.05) is 0 Å². The van der Waals surface area contributed by atoms with Gasteiger partial charge in [-0.05, 0) is 19.2 Å². The van der Waals surface area contributed by atoms with E-state index in [0.29, 0.717) is 6.54 Å². The molecule has 1 N–H and O–H groups in total. The van der Waals surface area contributed by atoms with Crippen molar-refractivity contribution < 1.29 is 9.13 Å². The Bertz CT molecular complexity index is 510. The number of nitrogens with zero attached hydrogens (tertiary/aromatic N) is 2. The molecule has 0 amide bonds. The highest BCUT2D eigenvalue weighted by molar-refractivity contribution is 5.39. The summed E-state index contributed by atoms with van der Waals surface area (Å²) in [6, 6.07) is 4.83. The molecule has 0 unspecified atom stereocenters. The van der Waals surface area contributed by atoms with E-state index in [1.807, 2.05) is 11.6 Å². The first-order valence-corrected chi connectivity index (χ1v) is 5.27. The first kappa shape index (κ1) is 11.6. The predicted molar refractivity (Wildman–Crippen MR) is 62.8 cm³/mol. The Morgan fingerprint density at radius 3 is 2.94 bits per heavy atom. The molecule has 0 bridgehead atoms. The van der Waals surface area contributed by atoms with Crippen molar-refractivity contribution in [1.29, 1.82) is 0 Å². The van der Waals surface area contributed by atoms with E-state index in [1.54, 1.807) is 24.5 Å². The Labute approximate surface area is 99.1 Å². The van der Waals surface area contributed by atoms with Crippen molar-refractivity contribution in [2.45, 2.75) is 6.54 Å². The lowest BCUT2D eigenvalue weighted by Gasteiger charge is -2.09. The Hall–Kier alpha value is -1.88. The topological polar surface area (TPSA) is 39.1 Å². The minimum atomic E-state index is -0.380. The third-order valence-corrected chi connectivity index (χ3v) is 2.47. The molecule has 1 aromatic carbocycles. The Morgan fingerprint density at radius 1 is 1.47 bits per heavy atom. The van der Waals surface area contributed by atoms with E-state index in [2.05, 4.69) is 10.3 Å². The van der Waals surface area contributed by atoms with Crippen molar-refractivity contribution >= 4 is 0 Å². The van der Waals surface area contributed by atoms with Crippen LogP contribution in [0.25, 0.3) is 5.69 Å². The number of methoxy groups -OCH3 is 1. The van der Waals surface area contributed by atoms with Crippen molar-refractivity contribution in [2.24, 2.45) is 0 Å². The number of hydrogen-bond donors (Lipinski definition) is 1. The van der Waals surface area contributed by atoms with Crippen LogP contribution in [0.15, 0.2) is 30.6 Å². The van der Waals surface area contributed by atoms with Gasteiger partial charge in [-0.15, -0.1) is 0 Å². The number of aromatic nitrogens is 2. The van der Waals surface area contributed by atoms with Crippen LogP contribution in [0, 0.1) is 5.82 Å². The number of nitrogens with one attached hydrogen (secondary N) is 1. The lowest BCUT2D eigenvalue weighted by atomic mass is 10.3. The van der Waals surface area contributed by atoms with Crippen molar-refractivity contribution in [3.8, 4) is 11.4 Å². The Kier molecular flexibility index (Phi) is 3.39. The van der Waals surface area contributed by atoms with Crippen molar-refractivity contribution in [3.63, 3.8) is 0 Å². The summed E-state index contributed by atoms with van der Waals surface area (Å²) in [5.74, 6) is 0.690. The van der Waals surface area contributed by atoms with Gasteiger partial charge in [0.25, 0.3) is 0 Å². The number of hydrogen-bond acceptors (Lipinski definition) is 3. The van der Waals surface area contributed by atoms with Gasteiger partial charge in [0.05, 0.1) is 13.7 Å². The van der Waals surface area contributed by atoms with Crippen LogP contribution in [0.4, 0.5) is 4.39 Å². The summed E-state index contributed by atoms with van der Waals surface area (Å²) in [6.07, 6.45) is 3.49. The number of rotatable bonds is 4. The highest BCUT2D eigenvalue weighted by Crippen LogP contribution is 2.20. The molecule has 17 heavy (non-hydrogen) atoms. The highest BCUT2D eigenvalue weighted by Gasteiger charge is 2.07. The Balaban J connectivity index is 2.39. The van der Waals surface area contributed by atoms with Gasteiger partial charge in [-0.2, -0.15) is 0 Å². The van der Waals surface area contributed by atoms with Crippen LogP contribution in [0.5, 0.6) is 5.75 Å². The molecule has 0 spiro atoms. The maximum Gasteiger partial charge on any atom is 0.167 e. The second-order valence-electron chi connectivity index (χ2n) is 3.56. The summed E-state index contributed by atoms with van der Waals surface area (Å²) < 4.78 is 20.3. The standard InChI is InChI=1S/C12H14FN3O/c1-14-8-12-15-5-6-16(12)9-3-4-11(17-2)10(13)7-9/h3-7,14H,8H2,1-2H3. The zero-order valence-electron chi connectivity index (χ0n) is 9.77. The summed E-state index contributed by atoms with van der Waals surface area (Å²) in [5, 5.41) is 3.02. The molecule has 0 saturated heterocycles. The molecule has 0 aliphatic heterocycles. The molecule has 0 saturated carbocycles. The summed E-state index contributed by atoms with van der Waals surface area (Å²) in [4.78, 5) is 4.20. The first-order chi connectivity index (χ1) is 8.26. The fraction of sp³-hybridized carbons (Fsp3) is 0.250. The lowest BCUT2D eigenvalue weighted by Crippen LogP contribution is -2.11. The molecule has 0 atom stereocenters. The zero-order valence-corrected chi connectivity index (χ0v) is 9.77. The maximum absolute atomic E-state index is 13.6. The molecule has 1 aromatic heterocycles. The third-order valence-electron chi connectivity index (χ3n) is 2.47. The molecule has 0 radical (unpaired) electrons. The van der Waals surface area contributed by atoms with Gasteiger partial charge in [-0.25, -0.2) is 9.37 Å². The van der Waals surface area contributed by atoms with Crippen molar-refractivity contribution in [3.05, 3.63) is 42.2 Å². The highest BCUT2D eigenvalue weighted by atomic mass is 19.1. The van der Waals surface area contributed by atoms with Gasteiger partial charge in [0, 0.05) is 24.1 Å². The van der Waals surface area contributed by atoms with E-state index in [1.165, 1.54) is 13.2 Å². The van der Waals surface area contributed by atoms with Crippen LogP contribution in [0.3, 0.4) is 0 Å². The summed E-state index contributed by atoms with van der Waals surface area (Å²) in [6.45, 7) is 0.626. The molecule has 5 heteroatoms. The molecule has 1 heterocycles. The van der Waals surface area contributed by atoms with Crippen LogP contribution in [-0.4, -0.2) is 23.7 Å². The van der Waals surface area contributed by atoms with E-state index < -0.39 is 0 Å². The molecule has 0 fully saturated rings. The average Bonchev–Trinajstić information content (AvgIpc) is 2.78. The molecule has 90 valence electrons. The van der Waals surface area contributed by atoms with E-state index in [-0.39, 0.29) is 11.6 Å². The first-order valence-electron chi connectivity index (χ1n) is 5.27. The van der Waals surface area contributed by atoms with Crippen molar-refractivity contribution in [2.75, 3.05) is 14.2 Å². The van der Waals surface area contributed by atoms with Crippen LogP contribution in [-0.2, 0) is 6.54 Å². The van der Waals surface area contributed by atoms with Gasteiger partial charge in [0.15, 0.2) is 11.6 Å². The smallest absolute Gasteiger partial charge is 0.167 e. The van der Waals surface area contributed by atoms with E-state index in [9.17, 15) is 4.39 Å². The van der Waals surface area contributed by atoms with Crippen LogP contribution in [0.2, 0.25) is 0 Å². The molecule has 2 rings (SSSR count). The number of benzene rings is 1. The molecule has 4 nitrogen and oxygen atoms in total. The zero-order chi connectivity index (χ0) is 12.3. The maximum atomic E-state index is 13.6. The normalized spacial score (nSPS) is 10.5. The molecule has 0 aliphatic rings. The van der Waals surface area contributed by atoms with E-state index in [4.69, 9.17) is 4.74 Å². The quantitative estimate of drug-likeness (QED) is 0.877. The van der Waals surface area contributed by atoms with E-state index >= 15 is 0 Å². The number of ether oxygens (including phenoxy) is 1. The lowest BCUT2D eigenvalue weighted by molar-refractivity contribution is 0.386. The second-order valence-corrected chi connectivity index (χ2v) is 3.56. The largest absolute Gasteiger partial charge is 0.494 e. The minimum Gasteiger partial charge on any atom is -0.494 e. The fourth-order valence-corrected chi connectivity index (χ4v) is 1.66. The number of halogens is 1. The predicted octanol–water partition coefficient (Wildman–Crippen LogP) is 1.74. The van der Waals surface area contributed by atoms with Crippen molar-refractivity contribution in [1.82, 2.24) is 14.9 Å². The number of imidazole rings is 1. The Morgan fingerprint density at radius 2 is 2.29 bits per heavy atom. The third kappa shape index (κ3) is 2.29. The van der Waals surface area contributed by atoms with Gasteiger partial charge in [-0.3, -0.25) is 0 Å². The minimum absolute atomic E-state index is 0.240. The second kappa shape index (κ2) is 4.97. The molecule has 0 aliphatic carbocycles. The van der Waals surface area contributed by atoms with Gasteiger partial charge in [0.1, 0.15) is 5.82 Å². The van der Waals surface area contributed by atoms with Crippen LogP contribution < -0.4 is 10.1 Å². The molecular formula is C12H14FN3O. The van der Waals surface area contributed by atoms with Crippen LogP contribution >= 0.6 is 0 Å². The SMILES string of the molecule is CNCc1nccn1-c1ccc(OC)c(F)c1. The van der Waals surface area contributed by atoms with Gasteiger partial charge < -0.3 is 14.6 Å². The van der Waals surface area contributed by atoms with Crippen LogP contribution in [0.1, 0.15) is 5.82 Å². The molecular weight excluding hydrogens is 221 g/mol. The van der Waals surface area contributed by atoms with Gasteiger partial charge in [0.2, 0.25) is 0 Å². The summed E-state index contributed by atoms with van der Waals surface area (Å²) in [5.41, 5.74) is 0.728.